The molecule has 5 N–H and O–H groups in total. The van der Waals surface area contributed by atoms with E-state index in [1.807, 2.05) is 0 Å². The van der Waals surface area contributed by atoms with Crippen molar-refractivity contribution in [1.29, 1.82) is 0 Å². The van der Waals surface area contributed by atoms with Crippen molar-refractivity contribution in [1.82, 2.24) is 15.5 Å². The number of rotatable bonds is 8. The predicted octanol–water partition coefficient (Wildman–Crippen LogP) is 0.699. The van der Waals surface area contributed by atoms with Gasteiger partial charge in [0.05, 0.1) is 23.0 Å². The van der Waals surface area contributed by atoms with Crippen LogP contribution in [0.15, 0.2) is 52.1 Å². The van der Waals surface area contributed by atoms with Crippen LogP contribution in [0.5, 0.6) is 5.75 Å². The molecule has 0 saturated heterocycles. The van der Waals surface area contributed by atoms with Gasteiger partial charge >= 0.3 is 0 Å². The van der Waals surface area contributed by atoms with Crippen molar-refractivity contribution in [3.63, 3.8) is 0 Å². The lowest BCUT2D eigenvalue weighted by Crippen LogP contribution is -2.36. The molecule has 3 amide bonds. The highest BCUT2D eigenvalue weighted by Crippen LogP contribution is 2.30. The second-order valence-electron chi connectivity index (χ2n) is 7.54. The summed E-state index contributed by atoms with van der Waals surface area (Å²) in [6.07, 6.45) is 1.79. The van der Waals surface area contributed by atoms with Crippen LogP contribution in [-0.4, -0.2) is 41.1 Å². The number of fused-ring (bicyclic) bond motifs is 1. The summed E-state index contributed by atoms with van der Waals surface area (Å²) in [7, 11) is 0. The van der Waals surface area contributed by atoms with Crippen LogP contribution in [-0.2, 0) is 14.4 Å². The smallest absolute Gasteiger partial charge is 0.272 e. The Balaban J connectivity index is 1.28. The number of amides is 3. The van der Waals surface area contributed by atoms with Crippen molar-refractivity contribution in [2.45, 2.75) is 12.8 Å². The van der Waals surface area contributed by atoms with Crippen LogP contribution in [0.2, 0.25) is 0 Å². The highest BCUT2D eigenvalue weighted by molar-refractivity contribution is 6.02. The molecule has 1 aliphatic rings. The molecule has 4 rings (SSSR count). The van der Waals surface area contributed by atoms with E-state index in [9.17, 15) is 24.0 Å². The Bertz CT molecular complexity index is 1340. The lowest BCUT2D eigenvalue weighted by atomic mass is 10.1. The quantitative estimate of drug-likeness (QED) is 0.339. The van der Waals surface area contributed by atoms with Crippen LogP contribution in [0.4, 0.5) is 11.4 Å². The minimum Gasteiger partial charge on any atom is -0.484 e. The number of ether oxygens (including phenoxy) is 1. The molecule has 0 aliphatic heterocycles. The van der Waals surface area contributed by atoms with Gasteiger partial charge in [0, 0.05) is 17.7 Å². The molecule has 1 aliphatic carbocycles. The average Bonchev–Trinajstić information content (AvgIpc) is 3.65. The average molecular weight is 451 g/mol. The van der Waals surface area contributed by atoms with Gasteiger partial charge in [-0.1, -0.05) is 12.1 Å². The normalized spacial score (nSPS) is 12.7. The van der Waals surface area contributed by atoms with Gasteiger partial charge in [-0.05, 0) is 37.1 Å². The Kier molecular flexibility index (Phi) is 6.20. The first kappa shape index (κ1) is 21.8. The second-order valence-corrected chi connectivity index (χ2v) is 7.54. The molecule has 0 bridgehead atoms. The van der Waals surface area contributed by atoms with Gasteiger partial charge in [0.1, 0.15) is 5.75 Å². The summed E-state index contributed by atoms with van der Waals surface area (Å²) >= 11 is 0. The molecule has 11 heteroatoms. The molecule has 0 unspecified atom stereocenters. The van der Waals surface area contributed by atoms with Gasteiger partial charge in [-0.15, -0.1) is 0 Å². The fourth-order valence-corrected chi connectivity index (χ4v) is 3.16. The minimum absolute atomic E-state index is 0.0336. The molecule has 1 fully saturated rings. The summed E-state index contributed by atoms with van der Waals surface area (Å²) in [4.78, 5) is 60.0. The molecular formula is C22H21N5O6. The van der Waals surface area contributed by atoms with E-state index in [1.165, 1.54) is 18.2 Å². The largest absolute Gasteiger partial charge is 0.484 e. The summed E-state index contributed by atoms with van der Waals surface area (Å²) in [5.41, 5.74) is -0.329. The van der Waals surface area contributed by atoms with E-state index < -0.39 is 22.9 Å². The second kappa shape index (κ2) is 9.39. The zero-order valence-corrected chi connectivity index (χ0v) is 17.4. The predicted molar refractivity (Wildman–Crippen MR) is 120 cm³/mol. The first-order valence-electron chi connectivity index (χ1n) is 10.2. The van der Waals surface area contributed by atoms with Crippen molar-refractivity contribution in [3.8, 4) is 5.75 Å². The van der Waals surface area contributed by atoms with E-state index in [4.69, 9.17) is 4.74 Å². The number of aromatic amines is 2. The topological polar surface area (TPSA) is 162 Å². The fourth-order valence-electron chi connectivity index (χ4n) is 3.16. The number of aromatic nitrogens is 2. The number of carbonyl (C=O) groups is 3. The lowest BCUT2D eigenvalue weighted by Gasteiger charge is -2.10. The standard InChI is InChI=1S/C22H21N5O6/c28-17(25-16-6-2-5-15-19(16)22(32)27-26-21(15)31)10-23-18(29)11-33-14-4-1-3-13(9-14)24-20(30)12-7-8-12/h1-6,9,12H,7-8,10-11H2,(H,23,29)(H,24,30)(H,25,28)(H,26,31)(H,27,32). The van der Waals surface area contributed by atoms with Crippen molar-refractivity contribution in [2.24, 2.45) is 5.92 Å². The van der Waals surface area contributed by atoms with Crippen molar-refractivity contribution in [3.05, 3.63) is 63.2 Å². The number of carbonyl (C=O) groups excluding carboxylic acids is 3. The van der Waals surface area contributed by atoms with E-state index in [0.717, 1.165) is 12.8 Å². The molecule has 170 valence electrons. The molecule has 0 radical (unpaired) electrons. The molecule has 1 saturated carbocycles. The van der Waals surface area contributed by atoms with E-state index in [-0.39, 0.29) is 41.4 Å². The Morgan fingerprint density at radius 2 is 1.70 bits per heavy atom. The first-order valence-corrected chi connectivity index (χ1v) is 10.2. The molecule has 1 aromatic heterocycles. The van der Waals surface area contributed by atoms with Crippen LogP contribution >= 0.6 is 0 Å². The van der Waals surface area contributed by atoms with Crippen molar-refractivity contribution >= 4 is 39.9 Å². The van der Waals surface area contributed by atoms with Crippen LogP contribution in [0.1, 0.15) is 12.8 Å². The molecule has 11 nitrogen and oxygen atoms in total. The van der Waals surface area contributed by atoms with Crippen LogP contribution < -0.4 is 31.8 Å². The maximum Gasteiger partial charge on any atom is 0.272 e. The maximum absolute atomic E-state index is 12.2. The summed E-state index contributed by atoms with van der Waals surface area (Å²) in [6, 6.07) is 11.1. The first-order chi connectivity index (χ1) is 15.9. The molecular weight excluding hydrogens is 430 g/mol. The van der Waals surface area contributed by atoms with Gasteiger partial charge in [0.15, 0.2) is 6.61 Å². The van der Waals surface area contributed by atoms with E-state index in [1.54, 1.807) is 24.3 Å². The van der Waals surface area contributed by atoms with Crippen molar-refractivity contribution < 1.29 is 19.1 Å². The Morgan fingerprint density at radius 1 is 0.939 bits per heavy atom. The summed E-state index contributed by atoms with van der Waals surface area (Å²) in [5.74, 6) is -0.693. The highest BCUT2D eigenvalue weighted by Gasteiger charge is 2.29. The van der Waals surface area contributed by atoms with Gasteiger partial charge in [-0.25, -0.2) is 0 Å². The zero-order chi connectivity index (χ0) is 23.4. The number of H-pyrrole nitrogens is 2. The van der Waals surface area contributed by atoms with E-state index >= 15 is 0 Å². The lowest BCUT2D eigenvalue weighted by molar-refractivity contribution is -0.125. The van der Waals surface area contributed by atoms with E-state index in [2.05, 4.69) is 26.1 Å². The SMILES string of the molecule is O=C(COc1cccc(NC(=O)C2CC2)c1)NCC(=O)Nc1cccc2c(=O)[nH][nH]c(=O)c12. The summed E-state index contributed by atoms with van der Waals surface area (Å²) in [6.45, 7) is -0.701. The van der Waals surface area contributed by atoms with E-state index in [0.29, 0.717) is 11.4 Å². The Morgan fingerprint density at radius 3 is 2.48 bits per heavy atom. The molecule has 1 heterocycles. The number of hydrogen-bond acceptors (Lipinski definition) is 6. The highest BCUT2D eigenvalue weighted by atomic mass is 16.5. The number of anilines is 2. The van der Waals surface area contributed by atoms with Gasteiger partial charge in [-0.3, -0.25) is 34.2 Å². The Labute approximate surface area is 186 Å². The molecule has 0 spiro atoms. The Hall–Kier alpha value is -4.41. The van der Waals surface area contributed by atoms with Crippen LogP contribution in [0, 0.1) is 5.92 Å². The number of hydrogen-bond donors (Lipinski definition) is 5. The van der Waals surface area contributed by atoms with Gasteiger partial charge in [0.2, 0.25) is 11.8 Å². The molecule has 2 aromatic carbocycles. The minimum atomic E-state index is -0.583. The fraction of sp³-hybridized carbons (Fsp3) is 0.227. The number of benzene rings is 2. The molecule has 3 aromatic rings. The van der Waals surface area contributed by atoms with Crippen LogP contribution in [0.25, 0.3) is 10.8 Å². The molecule has 0 atom stereocenters. The van der Waals surface area contributed by atoms with Gasteiger partial charge in [-0.2, -0.15) is 0 Å². The van der Waals surface area contributed by atoms with Gasteiger partial charge in [0.25, 0.3) is 17.0 Å². The third-order valence-electron chi connectivity index (χ3n) is 4.97. The van der Waals surface area contributed by atoms with Crippen molar-refractivity contribution in [2.75, 3.05) is 23.8 Å². The monoisotopic (exact) mass is 451 g/mol. The third-order valence-corrected chi connectivity index (χ3v) is 4.97. The summed E-state index contributed by atoms with van der Waals surface area (Å²) < 4.78 is 5.42. The number of nitrogens with one attached hydrogen (secondary N) is 5. The van der Waals surface area contributed by atoms with Crippen LogP contribution in [0.3, 0.4) is 0 Å². The maximum atomic E-state index is 12.2. The summed E-state index contributed by atoms with van der Waals surface area (Å²) in [5, 5.41) is 12.3. The zero-order valence-electron chi connectivity index (χ0n) is 17.4. The van der Waals surface area contributed by atoms with Gasteiger partial charge < -0.3 is 20.7 Å². The molecule has 33 heavy (non-hydrogen) atoms. The third kappa shape index (κ3) is 5.45.